The van der Waals surface area contributed by atoms with Crippen LogP contribution in [0.2, 0.25) is 0 Å². The standard InChI is InChI=1S/C23H29N5O4.C2H6/c29-22(26-9-11-30-12-10-26)19-14-24-28(16-19)23(3-4-23)27-7-5-25(6-8-27)15-18-1-2-20-21(13-18)32-17-31-20;1-2/h1-2,13-14,16H,3-12,15,17H2;1-2H3. The van der Waals surface area contributed by atoms with Crippen LogP contribution in [-0.4, -0.2) is 89.7 Å². The van der Waals surface area contributed by atoms with Crippen molar-refractivity contribution in [2.75, 3.05) is 59.3 Å². The summed E-state index contributed by atoms with van der Waals surface area (Å²) in [4.78, 5) is 19.7. The summed E-state index contributed by atoms with van der Waals surface area (Å²) < 4.78 is 18.3. The van der Waals surface area contributed by atoms with E-state index < -0.39 is 0 Å². The molecule has 0 unspecified atom stereocenters. The lowest BCUT2D eigenvalue weighted by molar-refractivity contribution is 0.0300. The van der Waals surface area contributed by atoms with Crippen molar-refractivity contribution in [3.63, 3.8) is 0 Å². The zero-order valence-electron chi connectivity index (χ0n) is 20.2. The maximum atomic E-state index is 12.8. The van der Waals surface area contributed by atoms with Gasteiger partial charge in [-0.2, -0.15) is 5.10 Å². The number of carbonyl (C=O) groups is 1. The Balaban J connectivity index is 0.00000117. The highest BCUT2D eigenvalue weighted by Crippen LogP contribution is 2.46. The van der Waals surface area contributed by atoms with Crippen molar-refractivity contribution in [3.8, 4) is 11.5 Å². The lowest BCUT2D eigenvalue weighted by atomic mass is 10.1. The number of nitrogens with zero attached hydrogens (tertiary/aromatic N) is 5. The summed E-state index contributed by atoms with van der Waals surface area (Å²) in [5.41, 5.74) is 1.87. The van der Waals surface area contributed by atoms with Crippen LogP contribution in [0, 0.1) is 0 Å². The highest BCUT2D eigenvalue weighted by Gasteiger charge is 2.51. The largest absolute Gasteiger partial charge is 0.454 e. The number of benzene rings is 1. The Bertz CT molecular complexity index is 991. The van der Waals surface area contributed by atoms with Crippen LogP contribution in [0.4, 0.5) is 0 Å². The van der Waals surface area contributed by atoms with Crippen molar-refractivity contribution in [2.45, 2.75) is 38.9 Å². The Kier molecular flexibility index (Phi) is 6.76. The zero-order valence-corrected chi connectivity index (χ0v) is 20.2. The average molecular weight is 470 g/mol. The Morgan fingerprint density at radius 3 is 2.47 bits per heavy atom. The SMILES string of the molecule is CC.O=C(c1cnn(C2(N3CCN(Cc4ccc5c(c4)OCO5)CC3)CC2)c1)N1CCOCC1. The van der Waals surface area contributed by atoms with Gasteiger partial charge in [0.1, 0.15) is 5.66 Å². The zero-order chi connectivity index (χ0) is 23.5. The molecule has 0 N–H and O–H groups in total. The molecule has 1 aromatic heterocycles. The second-order valence-corrected chi connectivity index (χ2v) is 9.01. The Labute approximate surface area is 201 Å². The van der Waals surface area contributed by atoms with Gasteiger partial charge in [0.15, 0.2) is 11.5 Å². The van der Waals surface area contributed by atoms with Crippen molar-refractivity contribution >= 4 is 5.91 Å². The average Bonchev–Trinajstić information content (AvgIpc) is 3.31. The first-order chi connectivity index (χ1) is 16.7. The summed E-state index contributed by atoms with van der Waals surface area (Å²) in [6, 6.07) is 6.22. The second-order valence-electron chi connectivity index (χ2n) is 9.01. The molecule has 34 heavy (non-hydrogen) atoms. The van der Waals surface area contributed by atoms with Gasteiger partial charge in [-0.1, -0.05) is 19.9 Å². The van der Waals surface area contributed by atoms with Crippen molar-refractivity contribution in [1.29, 1.82) is 0 Å². The molecule has 6 rings (SSSR count). The van der Waals surface area contributed by atoms with Crippen LogP contribution >= 0.6 is 0 Å². The summed E-state index contributed by atoms with van der Waals surface area (Å²) in [5, 5.41) is 4.62. The highest BCUT2D eigenvalue weighted by atomic mass is 16.7. The van der Waals surface area contributed by atoms with Gasteiger partial charge < -0.3 is 19.1 Å². The number of morpholine rings is 1. The fourth-order valence-electron chi connectivity index (χ4n) is 5.03. The number of ether oxygens (including phenoxy) is 3. The third kappa shape index (κ3) is 4.52. The Morgan fingerprint density at radius 1 is 1.00 bits per heavy atom. The smallest absolute Gasteiger partial charge is 0.257 e. The van der Waals surface area contributed by atoms with Gasteiger partial charge >= 0.3 is 0 Å². The molecular formula is C25H35N5O4. The van der Waals surface area contributed by atoms with Crippen molar-refractivity contribution < 1.29 is 19.0 Å². The van der Waals surface area contributed by atoms with Crippen LogP contribution in [0.1, 0.15) is 42.6 Å². The first kappa shape index (κ1) is 23.1. The van der Waals surface area contributed by atoms with E-state index in [-0.39, 0.29) is 11.6 Å². The number of amides is 1. The van der Waals surface area contributed by atoms with Gasteiger partial charge in [-0.25, -0.2) is 0 Å². The molecule has 1 saturated carbocycles. The van der Waals surface area contributed by atoms with E-state index in [2.05, 4.69) is 27.0 Å². The van der Waals surface area contributed by atoms with Crippen molar-refractivity contribution in [2.24, 2.45) is 0 Å². The summed E-state index contributed by atoms with van der Waals surface area (Å²) in [6.07, 6.45) is 5.85. The van der Waals surface area contributed by atoms with Crippen LogP contribution < -0.4 is 9.47 Å². The number of hydrogen-bond acceptors (Lipinski definition) is 7. The molecule has 184 valence electrons. The van der Waals surface area contributed by atoms with E-state index in [9.17, 15) is 4.79 Å². The number of rotatable bonds is 5. The van der Waals surface area contributed by atoms with Gasteiger partial charge in [0.05, 0.1) is 25.0 Å². The molecule has 1 amide bonds. The topological polar surface area (TPSA) is 72.3 Å². The fourth-order valence-corrected chi connectivity index (χ4v) is 5.03. The molecule has 4 heterocycles. The molecule has 0 atom stereocenters. The molecule has 2 aromatic rings. The van der Waals surface area contributed by atoms with E-state index in [4.69, 9.17) is 14.2 Å². The number of fused-ring (bicyclic) bond motifs is 1. The number of hydrogen-bond donors (Lipinski definition) is 0. The number of aromatic nitrogens is 2. The molecule has 0 radical (unpaired) electrons. The number of carbonyl (C=O) groups excluding carboxylic acids is 1. The first-order valence-electron chi connectivity index (χ1n) is 12.5. The van der Waals surface area contributed by atoms with Gasteiger partial charge in [0.2, 0.25) is 6.79 Å². The molecule has 0 bridgehead atoms. The van der Waals surface area contributed by atoms with Gasteiger partial charge in [0, 0.05) is 52.0 Å². The Morgan fingerprint density at radius 2 is 1.74 bits per heavy atom. The van der Waals surface area contributed by atoms with E-state index in [0.29, 0.717) is 38.7 Å². The molecule has 1 aromatic carbocycles. The summed E-state index contributed by atoms with van der Waals surface area (Å²) in [5.74, 6) is 1.74. The third-order valence-corrected chi connectivity index (χ3v) is 7.06. The minimum atomic E-state index is -0.0611. The molecule has 9 heteroatoms. The normalized spacial score (nSPS) is 21.6. The van der Waals surface area contributed by atoms with E-state index in [0.717, 1.165) is 57.1 Å². The summed E-state index contributed by atoms with van der Waals surface area (Å²) in [7, 11) is 0. The van der Waals surface area contributed by atoms with E-state index in [1.165, 1.54) is 5.56 Å². The second kappa shape index (κ2) is 9.93. The monoisotopic (exact) mass is 469 g/mol. The van der Waals surface area contributed by atoms with E-state index in [1.54, 1.807) is 6.20 Å². The van der Waals surface area contributed by atoms with Crippen LogP contribution in [0.15, 0.2) is 30.6 Å². The third-order valence-electron chi connectivity index (χ3n) is 7.06. The summed E-state index contributed by atoms with van der Waals surface area (Å²) >= 11 is 0. The van der Waals surface area contributed by atoms with Gasteiger partial charge in [-0.15, -0.1) is 0 Å². The van der Waals surface area contributed by atoms with Crippen LogP contribution in [0.25, 0.3) is 0 Å². The van der Waals surface area contributed by atoms with Gasteiger partial charge in [0.25, 0.3) is 5.91 Å². The van der Waals surface area contributed by atoms with Crippen molar-refractivity contribution in [3.05, 3.63) is 41.7 Å². The predicted octanol–water partition coefficient (Wildman–Crippen LogP) is 2.37. The maximum absolute atomic E-state index is 12.8. The molecule has 3 aliphatic heterocycles. The molecule has 9 nitrogen and oxygen atoms in total. The van der Waals surface area contributed by atoms with Crippen LogP contribution in [0.3, 0.4) is 0 Å². The lowest BCUT2D eigenvalue weighted by Crippen LogP contribution is -2.52. The minimum Gasteiger partial charge on any atom is -0.454 e. The van der Waals surface area contributed by atoms with Crippen LogP contribution in [-0.2, 0) is 16.9 Å². The quantitative estimate of drug-likeness (QED) is 0.666. The van der Waals surface area contributed by atoms with Crippen LogP contribution in [0.5, 0.6) is 11.5 Å². The molecule has 4 aliphatic rings. The number of piperazine rings is 1. The Hall–Kier alpha value is -2.62. The predicted molar refractivity (Wildman–Crippen MR) is 127 cm³/mol. The van der Waals surface area contributed by atoms with E-state index >= 15 is 0 Å². The van der Waals surface area contributed by atoms with Gasteiger partial charge in [-0.05, 0) is 30.5 Å². The van der Waals surface area contributed by atoms with Crippen molar-refractivity contribution in [1.82, 2.24) is 24.5 Å². The van der Waals surface area contributed by atoms with Gasteiger partial charge in [-0.3, -0.25) is 19.3 Å². The minimum absolute atomic E-state index is 0.0592. The first-order valence-corrected chi connectivity index (χ1v) is 12.5. The molecule has 1 aliphatic carbocycles. The summed E-state index contributed by atoms with van der Waals surface area (Å²) in [6.45, 7) is 11.8. The highest BCUT2D eigenvalue weighted by molar-refractivity contribution is 5.93. The fraction of sp³-hybridized carbons (Fsp3) is 0.600. The molecule has 0 spiro atoms. The molecular weight excluding hydrogens is 434 g/mol. The molecule has 2 saturated heterocycles. The maximum Gasteiger partial charge on any atom is 0.257 e. The van der Waals surface area contributed by atoms with E-state index in [1.807, 2.05) is 35.7 Å². The lowest BCUT2D eigenvalue weighted by Gasteiger charge is -2.39. The molecule has 3 fully saturated rings.